The second-order valence-electron chi connectivity index (χ2n) is 18.6. The molecule has 0 bridgehead atoms. The van der Waals surface area contributed by atoms with E-state index in [1.165, 1.54) is 140 Å². The van der Waals surface area contributed by atoms with Crippen molar-refractivity contribution in [2.24, 2.45) is 0 Å². The summed E-state index contributed by atoms with van der Waals surface area (Å²) in [5.41, 5.74) is 28.6. The Kier molecular flexibility index (Phi) is 8.90. The Morgan fingerprint density at radius 2 is 0.591 bits per heavy atom. The van der Waals surface area contributed by atoms with E-state index in [4.69, 9.17) is 0 Å². The highest BCUT2D eigenvalue weighted by atomic mass is 15.2. The third-order valence-corrected chi connectivity index (χ3v) is 15.6. The summed E-state index contributed by atoms with van der Waals surface area (Å²) in [5, 5.41) is 2.56. The number of anilines is 6. The minimum absolute atomic E-state index is 0.613. The second kappa shape index (κ2) is 14.7. The monoisotopic (exact) mass is 851 g/mol. The zero-order chi connectivity index (χ0) is 45.2. The van der Waals surface area contributed by atoms with Gasteiger partial charge in [-0.3, -0.25) is 0 Å². The fourth-order valence-corrected chi connectivity index (χ4v) is 12.3. The minimum atomic E-state index is -0.613. The van der Waals surface area contributed by atoms with Gasteiger partial charge in [0.1, 0.15) is 0 Å². The van der Waals surface area contributed by atoms with Crippen LogP contribution in [0.3, 0.4) is 0 Å². The number of aromatic nitrogens is 1. The first-order chi connectivity index (χ1) is 32.2. The third kappa shape index (κ3) is 5.20. The van der Waals surface area contributed by atoms with E-state index in [-0.39, 0.29) is 0 Å². The van der Waals surface area contributed by atoms with Crippen LogP contribution in [0.4, 0.5) is 34.1 Å². The van der Waals surface area contributed by atoms with Crippen molar-refractivity contribution in [2.75, 3.05) is 9.80 Å². The van der Waals surface area contributed by atoms with Crippen molar-refractivity contribution >= 4 is 55.9 Å². The molecule has 0 unspecified atom stereocenters. The lowest BCUT2D eigenvalue weighted by atomic mass is 9.60. The molecule has 3 heteroatoms. The molecule has 0 saturated heterocycles. The van der Waals surface area contributed by atoms with Gasteiger partial charge in [-0.1, -0.05) is 140 Å². The fraction of sp³-hybridized carbons (Fsp3) is 0.143. The molecule has 0 atom stereocenters. The van der Waals surface area contributed by atoms with Gasteiger partial charge in [-0.15, -0.1) is 0 Å². The fourth-order valence-electron chi connectivity index (χ4n) is 12.3. The summed E-state index contributed by atoms with van der Waals surface area (Å²) < 4.78 is 2.51. The Balaban J connectivity index is 1.11. The Labute approximate surface area is 388 Å². The maximum atomic E-state index is 2.59. The molecule has 0 aliphatic carbocycles. The van der Waals surface area contributed by atoms with Crippen molar-refractivity contribution in [1.82, 2.24) is 4.57 Å². The lowest BCUT2D eigenvalue weighted by Gasteiger charge is -2.52. The number of rotatable bonds is 4. The van der Waals surface area contributed by atoms with Gasteiger partial charge in [0.05, 0.1) is 56.3 Å². The second-order valence-corrected chi connectivity index (χ2v) is 18.6. The van der Waals surface area contributed by atoms with E-state index < -0.39 is 5.41 Å². The molecule has 0 N–H and O–H groups in total. The number of fused-ring (bicyclic) bond motifs is 11. The zero-order valence-corrected chi connectivity index (χ0v) is 39.1. The number of benzene rings is 9. The van der Waals surface area contributed by atoms with E-state index in [9.17, 15) is 0 Å². The molecule has 3 nitrogen and oxygen atoms in total. The number of para-hydroxylation sites is 6. The quantitative estimate of drug-likeness (QED) is 0.175. The van der Waals surface area contributed by atoms with E-state index in [0.717, 1.165) is 0 Å². The summed E-state index contributed by atoms with van der Waals surface area (Å²) in [6, 6.07) is 65.5. The first kappa shape index (κ1) is 39.9. The van der Waals surface area contributed by atoms with Crippen LogP contribution in [-0.4, -0.2) is 4.57 Å². The van der Waals surface area contributed by atoms with E-state index in [1.54, 1.807) is 0 Å². The molecule has 320 valence electrons. The van der Waals surface area contributed by atoms with Gasteiger partial charge in [-0.25, -0.2) is 0 Å². The van der Waals surface area contributed by atoms with Crippen LogP contribution in [0.5, 0.6) is 0 Å². The Morgan fingerprint density at radius 3 is 0.985 bits per heavy atom. The van der Waals surface area contributed by atoms with Gasteiger partial charge in [0.15, 0.2) is 0 Å². The van der Waals surface area contributed by atoms with Gasteiger partial charge in [0.25, 0.3) is 0 Å². The summed E-state index contributed by atoms with van der Waals surface area (Å²) in [6.45, 7) is 18.6. The standard InChI is InChI=1S/C63H53N3/c1-38-40(3)60(41(4)39(2)59(38)46-24-10-9-11-25-46)65-55-34-20-14-28-49(55)63(50-29-15-21-35-56(50)65)51-30-16-22-36-57(51)66(58-37-23-17-31-52(58)63)62-44(7)42(5)61(43(6)45(62)8)64-53-32-18-12-26-47(53)48-27-13-19-33-54(48)64/h9-37H,1-8H3. The van der Waals surface area contributed by atoms with Crippen LogP contribution in [0.2, 0.25) is 0 Å². The Hall–Kier alpha value is -7.62. The largest absolute Gasteiger partial charge is 0.309 e. The number of hydrogen-bond acceptors (Lipinski definition) is 2. The number of hydrogen-bond donors (Lipinski definition) is 0. The van der Waals surface area contributed by atoms with Gasteiger partial charge in [0.2, 0.25) is 0 Å². The van der Waals surface area contributed by atoms with Crippen LogP contribution in [0, 0.1) is 55.4 Å². The van der Waals surface area contributed by atoms with Crippen molar-refractivity contribution in [3.8, 4) is 16.8 Å². The van der Waals surface area contributed by atoms with Gasteiger partial charge in [-0.2, -0.15) is 0 Å². The van der Waals surface area contributed by atoms with E-state index in [2.05, 4.69) is 246 Å². The SMILES string of the molecule is Cc1c(C)c(N2c3ccccc3C3(c4ccccc42)c2ccccc2N(c2c(C)c(C)c(-n4c5ccccc5c5ccccc54)c(C)c2C)c2ccccc23)c(C)c(C)c1-c1ccccc1. The first-order valence-electron chi connectivity index (χ1n) is 23.4. The van der Waals surface area contributed by atoms with E-state index in [0.29, 0.717) is 0 Å². The van der Waals surface area contributed by atoms with Crippen molar-refractivity contribution < 1.29 is 0 Å². The van der Waals surface area contributed by atoms with Crippen LogP contribution in [0.25, 0.3) is 38.6 Å². The van der Waals surface area contributed by atoms with Crippen molar-refractivity contribution in [3.63, 3.8) is 0 Å². The van der Waals surface area contributed by atoms with Crippen LogP contribution in [0.1, 0.15) is 66.8 Å². The molecule has 1 spiro atoms. The highest BCUT2D eigenvalue weighted by Gasteiger charge is 2.52. The maximum Gasteiger partial charge on any atom is 0.0782 e. The molecule has 0 fully saturated rings. The molecule has 9 aromatic carbocycles. The molecule has 3 heterocycles. The van der Waals surface area contributed by atoms with Gasteiger partial charge >= 0.3 is 0 Å². The van der Waals surface area contributed by atoms with E-state index >= 15 is 0 Å². The Morgan fingerprint density at radius 1 is 0.288 bits per heavy atom. The summed E-state index contributed by atoms with van der Waals surface area (Å²) >= 11 is 0. The van der Waals surface area contributed by atoms with Crippen LogP contribution >= 0.6 is 0 Å². The summed E-state index contributed by atoms with van der Waals surface area (Å²) in [7, 11) is 0. The molecule has 0 radical (unpaired) electrons. The molecule has 0 amide bonds. The normalized spacial score (nSPS) is 13.5. The zero-order valence-electron chi connectivity index (χ0n) is 39.1. The molecule has 0 saturated carbocycles. The van der Waals surface area contributed by atoms with Crippen molar-refractivity contribution in [1.29, 1.82) is 0 Å². The molecule has 12 rings (SSSR count). The smallest absolute Gasteiger partial charge is 0.0782 e. The molecule has 2 aliphatic heterocycles. The van der Waals surface area contributed by atoms with Crippen LogP contribution < -0.4 is 9.80 Å². The molecule has 10 aromatic rings. The van der Waals surface area contributed by atoms with Crippen molar-refractivity contribution in [3.05, 3.63) is 243 Å². The number of nitrogens with zero attached hydrogens (tertiary/aromatic N) is 3. The topological polar surface area (TPSA) is 11.4 Å². The summed E-state index contributed by atoms with van der Waals surface area (Å²) in [4.78, 5) is 5.18. The predicted octanol–water partition coefficient (Wildman–Crippen LogP) is 16.9. The van der Waals surface area contributed by atoms with Crippen LogP contribution in [-0.2, 0) is 5.41 Å². The average Bonchev–Trinajstić information content (AvgIpc) is 3.68. The van der Waals surface area contributed by atoms with Gasteiger partial charge in [0, 0.05) is 10.8 Å². The lowest BCUT2D eigenvalue weighted by molar-refractivity contribution is 0.718. The Bertz CT molecular complexity index is 3430. The highest BCUT2D eigenvalue weighted by molar-refractivity contribution is 6.10. The predicted molar refractivity (Wildman–Crippen MR) is 279 cm³/mol. The molecule has 66 heavy (non-hydrogen) atoms. The summed E-state index contributed by atoms with van der Waals surface area (Å²) in [5.74, 6) is 0. The molecular formula is C63H53N3. The molecule has 2 aliphatic rings. The van der Waals surface area contributed by atoms with Crippen molar-refractivity contribution in [2.45, 2.75) is 60.8 Å². The van der Waals surface area contributed by atoms with E-state index in [1.807, 2.05) is 0 Å². The van der Waals surface area contributed by atoms with Gasteiger partial charge < -0.3 is 14.4 Å². The van der Waals surface area contributed by atoms with Gasteiger partial charge in [-0.05, 0) is 170 Å². The average molecular weight is 852 g/mol. The minimum Gasteiger partial charge on any atom is -0.309 e. The van der Waals surface area contributed by atoms with Crippen LogP contribution in [0.15, 0.2) is 176 Å². The lowest BCUT2D eigenvalue weighted by Crippen LogP contribution is -2.42. The highest BCUT2D eigenvalue weighted by Crippen LogP contribution is 2.65. The molecular weight excluding hydrogens is 799 g/mol. The third-order valence-electron chi connectivity index (χ3n) is 15.6. The maximum absolute atomic E-state index is 2.59. The first-order valence-corrected chi connectivity index (χ1v) is 23.4. The molecule has 1 aromatic heterocycles. The summed E-state index contributed by atoms with van der Waals surface area (Å²) in [6.07, 6.45) is 0.